The molecule has 0 aliphatic heterocycles. The summed E-state index contributed by atoms with van der Waals surface area (Å²) in [6.07, 6.45) is 0. The zero-order valence-electron chi connectivity index (χ0n) is 20.3. The standard InChI is InChI=1S/C30H34N4/c1-25-11-9-17-29(31-25)23-33(21-27-13-5-3-6-14-27)19-20-34(22-28-15-7-4-8-16-28)24-30-18-10-12-26(2)32-30/h3-18H,19-24H2,1-2H3. The van der Waals surface area contributed by atoms with Crippen molar-refractivity contribution >= 4 is 0 Å². The second kappa shape index (κ2) is 12.2. The van der Waals surface area contributed by atoms with Crippen LogP contribution in [0.15, 0.2) is 97.1 Å². The third kappa shape index (κ3) is 7.62. The maximum Gasteiger partial charge on any atom is 0.0547 e. The Morgan fingerprint density at radius 2 is 0.882 bits per heavy atom. The second-order valence-electron chi connectivity index (χ2n) is 8.93. The average Bonchev–Trinajstić information content (AvgIpc) is 2.84. The lowest BCUT2D eigenvalue weighted by Crippen LogP contribution is -2.34. The van der Waals surface area contributed by atoms with Gasteiger partial charge in [-0.15, -0.1) is 0 Å². The van der Waals surface area contributed by atoms with Crippen LogP contribution in [0.5, 0.6) is 0 Å². The number of rotatable bonds is 11. The van der Waals surface area contributed by atoms with E-state index in [1.54, 1.807) is 0 Å². The van der Waals surface area contributed by atoms with Crippen molar-refractivity contribution in [2.75, 3.05) is 13.1 Å². The topological polar surface area (TPSA) is 32.3 Å². The molecule has 2 aromatic carbocycles. The molecule has 2 aromatic heterocycles. The maximum atomic E-state index is 4.76. The van der Waals surface area contributed by atoms with E-state index in [0.29, 0.717) is 0 Å². The summed E-state index contributed by atoms with van der Waals surface area (Å²) in [5, 5.41) is 0. The molecular formula is C30H34N4. The summed E-state index contributed by atoms with van der Waals surface area (Å²) in [6.45, 7) is 9.48. The first-order valence-corrected chi connectivity index (χ1v) is 12.0. The molecule has 174 valence electrons. The first-order valence-electron chi connectivity index (χ1n) is 12.0. The van der Waals surface area contributed by atoms with Crippen molar-refractivity contribution in [2.24, 2.45) is 0 Å². The van der Waals surface area contributed by atoms with E-state index in [1.165, 1.54) is 11.1 Å². The van der Waals surface area contributed by atoms with Gasteiger partial charge in [-0.25, -0.2) is 0 Å². The minimum Gasteiger partial charge on any atom is -0.292 e. The van der Waals surface area contributed by atoms with E-state index in [0.717, 1.165) is 62.0 Å². The predicted octanol–water partition coefficient (Wildman–Crippen LogP) is 5.80. The van der Waals surface area contributed by atoms with Gasteiger partial charge in [0.25, 0.3) is 0 Å². The number of hydrogen-bond acceptors (Lipinski definition) is 4. The van der Waals surface area contributed by atoms with E-state index in [9.17, 15) is 0 Å². The molecule has 0 atom stereocenters. The molecule has 2 heterocycles. The van der Waals surface area contributed by atoms with E-state index in [4.69, 9.17) is 9.97 Å². The molecule has 4 rings (SSSR count). The first-order chi connectivity index (χ1) is 16.6. The first kappa shape index (κ1) is 23.8. The molecule has 0 radical (unpaired) electrons. The molecule has 0 spiro atoms. The molecule has 0 bridgehead atoms. The summed E-state index contributed by atoms with van der Waals surface area (Å²) >= 11 is 0. The molecule has 34 heavy (non-hydrogen) atoms. The lowest BCUT2D eigenvalue weighted by molar-refractivity contribution is 0.180. The number of aromatic nitrogens is 2. The Hall–Kier alpha value is -3.34. The SMILES string of the molecule is Cc1cccc(CN(CCN(Cc2ccccc2)Cc2cccc(C)n2)Cc2ccccc2)n1. The highest BCUT2D eigenvalue weighted by molar-refractivity contribution is 5.17. The summed E-state index contributed by atoms with van der Waals surface area (Å²) in [6, 6.07) is 34.0. The van der Waals surface area contributed by atoms with Gasteiger partial charge in [0.2, 0.25) is 0 Å². The Bertz CT molecular complexity index is 1050. The average molecular weight is 451 g/mol. The van der Waals surface area contributed by atoms with Gasteiger partial charge in [-0.1, -0.05) is 72.8 Å². The smallest absolute Gasteiger partial charge is 0.0547 e. The lowest BCUT2D eigenvalue weighted by Gasteiger charge is -2.28. The molecule has 0 aliphatic carbocycles. The van der Waals surface area contributed by atoms with Crippen LogP contribution >= 0.6 is 0 Å². The number of pyridine rings is 2. The summed E-state index contributed by atoms with van der Waals surface area (Å²) in [7, 11) is 0. The van der Waals surface area contributed by atoms with Gasteiger partial charge < -0.3 is 0 Å². The van der Waals surface area contributed by atoms with Crippen molar-refractivity contribution in [1.29, 1.82) is 0 Å². The van der Waals surface area contributed by atoms with Crippen LogP contribution in [0.3, 0.4) is 0 Å². The molecule has 0 fully saturated rings. The fourth-order valence-electron chi connectivity index (χ4n) is 4.23. The maximum absolute atomic E-state index is 4.76. The molecular weight excluding hydrogens is 416 g/mol. The van der Waals surface area contributed by atoms with Gasteiger partial charge in [-0.2, -0.15) is 0 Å². The number of hydrogen-bond donors (Lipinski definition) is 0. The van der Waals surface area contributed by atoms with Gasteiger partial charge in [-0.05, 0) is 49.2 Å². The summed E-state index contributed by atoms with van der Waals surface area (Å²) in [5.41, 5.74) is 7.01. The number of benzene rings is 2. The van der Waals surface area contributed by atoms with Crippen molar-refractivity contribution in [2.45, 2.75) is 40.0 Å². The van der Waals surface area contributed by atoms with Crippen molar-refractivity contribution in [3.05, 3.63) is 131 Å². The van der Waals surface area contributed by atoms with Gasteiger partial charge in [-0.3, -0.25) is 19.8 Å². The normalized spacial score (nSPS) is 11.3. The van der Waals surface area contributed by atoms with E-state index in [1.807, 2.05) is 0 Å². The zero-order valence-corrected chi connectivity index (χ0v) is 20.3. The van der Waals surface area contributed by atoms with Crippen LogP contribution < -0.4 is 0 Å². The Morgan fingerprint density at radius 3 is 1.26 bits per heavy atom. The highest BCUT2D eigenvalue weighted by Gasteiger charge is 2.13. The molecule has 0 amide bonds. The largest absolute Gasteiger partial charge is 0.292 e. The minimum atomic E-state index is 0.832. The zero-order chi connectivity index (χ0) is 23.6. The van der Waals surface area contributed by atoms with Gasteiger partial charge in [0.1, 0.15) is 0 Å². The van der Waals surface area contributed by atoms with Crippen LogP contribution in [0.1, 0.15) is 33.9 Å². The third-order valence-corrected chi connectivity index (χ3v) is 5.89. The van der Waals surface area contributed by atoms with Gasteiger partial charge in [0, 0.05) is 50.7 Å². The second-order valence-corrected chi connectivity index (χ2v) is 8.93. The Balaban J connectivity index is 1.50. The monoisotopic (exact) mass is 450 g/mol. The molecule has 0 saturated carbocycles. The van der Waals surface area contributed by atoms with Gasteiger partial charge in [0.05, 0.1) is 11.4 Å². The van der Waals surface area contributed by atoms with E-state index in [2.05, 4.69) is 121 Å². The Kier molecular flexibility index (Phi) is 8.55. The molecule has 0 saturated heterocycles. The molecule has 0 unspecified atom stereocenters. The Morgan fingerprint density at radius 1 is 0.471 bits per heavy atom. The van der Waals surface area contributed by atoms with Crippen LogP contribution in [0.4, 0.5) is 0 Å². The highest BCUT2D eigenvalue weighted by Crippen LogP contribution is 2.13. The van der Waals surface area contributed by atoms with Crippen molar-refractivity contribution in [3.63, 3.8) is 0 Å². The molecule has 0 N–H and O–H groups in total. The van der Waals surface area contributed by atoms with Gasteiger partial charge in [0.15, 0.2) is 0 Å². The molecule has 4 heteroatoms. The van der Waals surface area contributed by atoms with Crippen LogP contribution in [-0.2, 0) is 26.2 Å². The van der Waals surface area contributed by atoms with Crippen LogP contribution in [0.2, 0.25) is 0 Å². The Labute approximate surface area is 203 Å². The summed E-state index contributed by atoms with van der Waals surface area (Å²) in [5.74, 6) is 0. The highest BCUT2D eigenvalue weighted by atomic mass is 15.2. The fourth-order valence-corrected chi connectivity index (χ4v) is 4.23. The van der Waals surface area contributed by atoms with Gasteiger partial charge >= 0.3 is 0 Å². The molecule has 0 aliphatic rings. The van der Waals surface area contributed by atoms with Crippen molar-refractivity contribution in [3.8, 4) is 0 Å². The van der Waals surface area contributed by atoms with Crippen molar-refractivity contribution < 1.29 is 0 Å². The van der Waals surface area contributed by atoms with Crippen LogP contribution in [0.25, 0.3) is 0 Å². The number of aryl methyl sites for hydroxylation is 2. The molecule has 4 nitrogen and oxygen atoms in total. The third-order valence-electron chi connectivity index (χ3n) is 5.89. The van der Waals surface area contributed by atoms with E-state index < -0.39 is 0 Å². The predicted molar refractivity (Wildman–Crippen MR) is 139 cm³/mol. The number of nitrogens with zero attached hydrogens (tertiary/aromatic N) is 4. The van der Waals surface area contributed by atoms with Crippen molar-refractivity contribution in [1.82, 2.24) is 19.8 Å². The molecule has 4 aromatic rings. The van der Waals surface area contributed by atoms with E-state index in [-0.39, 0.29) is 0 Å². The minimum absolute atomic E-state index is 0.832. The lowest BCUT2D eigenvalue weighted by atomic mass is 10.2. The van der Waals surface area contributed by atoms with Crippen LogP contribution in [-0.4, -0.2) is 32.9 Å². The van der Waals surface area contributed by atoms with E-state index >= 15 is 0 Å². The summed E-state index contributed by atoms with van der Waals surface area (Å²) < 4.78 is 0. The summed E-state index contributed by atoms with van der Waals surface area (Å²) in [4.78, 5) is 14.5. The fraction of sp³-hybridized carbons (Fsp3) is 0.267. The quantitative estimate of drug-likeness (QED) is 0.289. The van der Waals surface area contributed by atoms with Crippen LogP contribution in [0, 0.1) is 13.8 Å².